The molecule has 140 valence electrons. The van der Waals surface area contributed by atoms with Crippen LogP contribution in [-0.4, -0.2) is 57.8 Å². The molecule has 1 unspecified atom stereocenters. The average Bonchev–Trinajstić information content (AvgIpc) is 2.86. The standard InChI is InChI=1S/C18H22N2O5S/c1-2-26-11-9-14(18(24)25)19-15(21)8-5-10-20-16(22)12-6-3-4-7-13(12)17(20)23/h3-4,6-7,14H,2,5,8-11H2,1H3,(H,19,21)(H,24,25). The summed E-state index contributed by atoms with van der Waals surface area (Å²) in [5, 5.41) is 11.7. The summed E-state index contributed by atoms with van der Waals surface area (Å²) in [6, 6.07) is 5.69. The first-order valence-electron chi connectivity index (χ1n) is 8.50. The number of nitrogens with one attached hydrogen (secondary N) is 1. The molecule has 1 aliphatic rings. The van der Waals surface area contributed by atoms with Gasteiger partial charge in [0.05, 0.1) is 11.1 Å². The van der Waals surface area contributed by atoms with E-state index in [0.29, 0.717) is 23.3 Å². The molecule has 7 nitrogen and oxygen atoms in total. The summed E-state index contributed by atoms with van der Waals surface area (Å²) in [5.74, 6) is -0.619. The number of carboxylic acid groups (broad SMARTS) is 1. The van der Waals surface area contributed by atoms with Gasteiger partial charge in [0.25, 0.3) is 11.8 Å². The molecular formula is C18H22N2O5S. The van der Waals surface area contributed by atoms with Crippen LogP contribution in [0, 0.1) is 0 Å². The molecule has 2 N–H and O–H groups in total. The van der Waals surface area contributed by atoms with E-state index in [-0.39, 0.29) is 31.2 Å². The van der Waals surface area contributed by atoms with Crippen molar-refractivity contribution in [1.29, 1.82) is 0 Å². The van der Waals surface area contributed by atoms with E-state index < -0.39 is 17.9 Å². The Morgan fingerprint density at radius 2 is 1.81 bits per heavy atom. The smallest absolute Gasteiger partial charge is 0.326 e. The molecule has 0 saturated heterocycles. The number of hydrogen-bond donors (Lipinski definition) is 2. The van der Waals surface area contributed by atoms with Gasteiger partial charge in [-0.05, 0) is 36.5 Å². The highest BCUT2D eigenvalue weighted by Crippen LogP contribution is 2.22. The highest BCUT2D eigenvalue weighted by atomic mass is 32.2. The molecule has 0 fully saturated rings. The Labute approximate surface area is 156 Å². The molecule has 0 aliphatic carbocycles. The Kier molecular flexibility index (Phi) is 7.20. The van der Waals surface area contributed by atoms with Crippen molar-refractivity contribution >= 4 is 35.5 Å². The van der Waals surface area contributed by atoms with E-state index >= 15 is 0 Å². The number of nitrogens with zero attached hydrogens (tertiary/aromatic N) is 1. The summed E-state index contributed by atoms with van der Waals surface area (Å²) in [5.41, 5.74) is 0.752. The maximum atomic E-state index is 12.2. The topological polar surface area (TPSA) is 104 Å². The first kappa shape index (κ1) is 20.0. The second kappa shape index (κ2) is 9.38. The van der Waals surface area contributed by atoms with Crippen LogP contribution in [0.15, 0.2) is 24.3 Å². The molecule has 1 aromatic carbocycles. The molecule has 1 atom stereocenters. The van der Waals surface area contributed by atoms with Crippen LogP contribution >= 0.6 is 11.8 Å². The van der Waals surface area contributed by atoms with E-state index in [2.05, 4.69) is 5.32 Å². The van der Waals surface area contributed by atoms with Gasteiger partial charge >= 0.3 is 5.97 Å². The third kappa shape index (κ3) is 4.85. The van der Waals surface area contributed by atoms with Crippen molar-refractivity contribution in [2.45, 2.75) is 32.2 Å². The van der Waals surface area contributed by atoms with E-state index in [1.165, 1.54) is 0 Å². The lowest BCUT2D eigenvalue weighted by molar-refractivity contribution is -0.141. The number of fused-ring (bicyclic) bond motifs is 1. The van der Waals surface area contributed by atoms with Gasteiger partial charge in [-0.25, -0.2) is 4.79 Å². The zero-order chi connectivity index (χ0) is 19.1. The lowest BCUT2D eigenvalue weighted by Gasteiger charge is -2.16. The van der Waals surface area contributed by atoms with Crippen molar-refractivity contribution in [2.75, 3.05) is 18.1 Å². The van der Waals surface area contributed by atoms with Crippen LogP contribution in [0.5, 0.6) is 0 Å². The predicted octanol–water partition coefficient (Wildman–Crippen LogP) is 1.78. The molecule has 2 rings (SSSR count). The van der Waals surface area contributed by atoms with Crippen molar-refractivity contribution in [3.8, 4) is 0 Å². The maximum Gasteiger partial charge on any atom is 0.326 e. The normalized spacial score (nSPS) is 14.3. The molecule has 1 aliphatic heterocycles. The van der Waals surface area contributed by atoms with Gasteiger partial charge in [0.1, 0.15) is 6.04 Å². The minimum Gasteiger partial charge on any atom is -0.480 e. The predicted molar refractivity (Wildman–Crippen MR) is 98.2 cm³/mol. The monoisotopic (exact) mass is 378 g/mol. The maximum absolute atomic E-state index is 12.2. The molecule has 1 aromatic rings. The van der Waals surface area contributed by atoms with E-state index in [9.17, 15) is 19.2 Å². The zero-order valence-corrected chi connectivity index (χ0v) is 15.4. The first-order valence-corrected chi connectivity index (χ1v) is 9.66. The first-order chi connectivity index (χ1) is 12.5. The number of amides is 3. The zero-order valence-electron chi connectivity index (χ0n) is 14.6. The number of aliphatic carboxylic acids is 1. The summed E-state index contributed by atoms with van der Waals surface area (Å²) in [7, 11) is 0. The molecule has 3 amide bonds. The van der Waals surface area contributed by atoms with Gasteiger partial charge in [-0.2, -0.15) is 11.8 Å². The van der Waals surface area contributed by atoms with E-state index in [1.807, 2.05) is 6.92 Å². The van der Waals surface area contributed by atoms with Crippen LogP contribution in [0.4, 0.5) is 0 Å². The molecule has 1 heterocycles. The van der Waals surface area contributed by atoms with Crippen LogP contribution < -0.4 is 5.32 Å². The van der Waals surface area contributed by atoms with Crippen LogP contribution in [0.2, 0.25) is 0 Å². The summed E-state index contributed by atoms with van der Waals surface area (Å²) >= 11 is 1.61. The third-order valence-corrected chi connectivity index (χ3v) is 4.98. The number of imide groups is 1. The SMILES string of the molecule is CCSCCC(NC(=O)CCCN1C(=O)c2ccccc2C1=O)C(=O)O. The number of carboxylic acids is 1. The van der Waals surface area contributed by atoms with E-state index in [4.69, 9.17) is 5.11 Å². The Bertz CT molecular complexity index is 672. The molecule has 0 radical (unpaired) electrons. The molecule has 8 heteroatoms. The van der Waals surface area contributed by atoms with Crippen molar-refractivity contribution in [3.05, 3.63) is 35.4 Å². The summed E-state index contributed by atoms with van der Waals surface area (Å²) < 4.78 is 0. The van der Waals surface area contributed by atoms with Crippen LogP contribution in [-0.2, 0) is 9.59 Å². The largest absolute Gasteiger partial charge is 0.480 e. The fourth-order valence-electron chi connectivity index (χ4n) is 2.71. The minimum absolute atomic E-state index is 0.0537. The third-order valence-electron chi connectivity index (χ3n) is 4.05. The van der Waals surface area contributed by atoms with Gasteiger partial charge in [0.15, 0.2) is 0 Å². The van der Waals surface area contributed by atoms with Gasteiger partial charge in [-0.15, -0.1) is 0 Å². The molecule has 0 saturated carbocycles. The highest BCUT2D eigenvalue weighted by molar-refractivity contribution is 7.99. The summed E-state index contributed by atoms with van der Waals surface area (Å²) in [6.07, 6.45) is 0.698. The fraction of sp³-hybridized carbons (Fsp3) is 0.444. The van der Waals surface area contributed by atoms with Gasteiger partial charge in [-0.1, -0.05) is 19.1 Å². The second-order valence-corrected chi connectivity index (χ2v) is 7.25. The van der Waals surface area contributed by atoms with E-state index in [0.717, 1.165) is 10.7 Å². The molecule has 0 aromatic heterocycles. The molecule has 26 heavy (non-hydrogen) atoms. The second-order valence-electron chi connectivity index (χ2n) is 5.86. The van der Waals surface area contributed by atoms with Crippen LogP contribution in [0.25, 0.3) is 0 Å². The minimum atomic E-state index is -1.06. The van der Waals surface area contributed by atoms with Gasteiger partial charge in [0.2, 0.25) is 5.91 Å². The lowest BCUT2D eigenvalue weighted by atomic mass is 10.1. The lowest BCUT2D eigenvalue weighted by Crippen LogP contribution is -2.41. The number of benzene rings is 1. The molecule has 0 bridgehead atoms. The molecular weight excluding hydrogens is 356 g/mol. The van der Waals surface area contributed by atoms with Crippen molar-refractivity contribution in [1.82, 2.24) is 10.2 Å². The molecule has 0 spiro atoms. The Morgan fingerprint density at radius 1 is 1.19 bits per heavy atom. The van der Waals surface area contributed by atoms with Crippen LogP contribution in [0.1, 0.15) is 46.9 Å². The Hall–Kier alpha value is -2.35. The van der Waals surface area contributed by atoms with Gasteiger partial charge < -0.3 is 10.4 Å². The van der Waals surface area contributed by atoms with Crippen LogP contribution in [0.3, 0.4) is 0 Å². The highest BCUT2D eigenvalue weighted by Gasteiger charge is 2.34. The van der Waals surface area contributed by atoms with Gasteiger partial charge in [-0.3, -0.25) is 19.3 Å². The number of hydrogen-bond acceptors (Lipinski definition) is 5. The number of rotatable bonds is 10. The number of carbonyl (C=O) groups is 4. The van der Waals surface area contributed by atoms with Crippen molar-refractivity contribution < 1.29 is 24.3 Å². The Balaban J connectivity index is 1.80. The van der Waals surface area contributed by atoms with Gasteiger partial charge in [0, 0.05) is 13.0 Å². The fourth-order valence-corrected chi connectivity index (χ4v) is 3.40. The Morgan fingerprint density at radius 3 is 2.35 bits per heavy atom. The van der Waals surface area contributed by atoms with E-state index in [1.54, 1.807) is 36.0 Å². The summed E-state index contributed by atoms with van der Waals surface area (Å²) in [6.45, 7) is 2.11. The van der Waals surface area contributed by atoms with Crippen molar-refractivity contribution in [2.24, 2.45) is 0 Å². The number of thioether (sulfide) groups is 1. The van der Waals surface area contributed by atoms with Crippen molar-refractivity contribution in [3.63, 3.8) is 0 Å². The quantitative estimate of drug-likeness (QED) is 0.475. The number of carbonyl (C=O) groups excluding carboxylic acids is 3. The summed E-state index contributed by atoms with van der Waals surface area (Å²) in [4.78, 5) is 48.8. The average molecular weight is 378 g/mol.